The van der Waals surface area contributed by atoms with Crippen molar-refractivity contribution >= 4 is 5.97 Å². The Balaban J connectivity index is 1.78. The van der Waals surface area contributed by atoms with Crippen LogP contribution in [0.25, 0.3) is 0 Å². The normalized spacial score (nSPS) is 50.3. The maximum Gasteiger partial charge on any atom is 0.312 e. The van der Waals surface area contributed by atoms with Crippen LogP contribution < -0.4 is 0 Å². The molecule has 1 aliphatic heterocycles. The van der Waals surface area contributed by atoms with Gasteiger partial charge in [-0.25, -0.2) is 0 Å². The molecule has 6 atom stereocenters. The van der Waals surface area contributed by atoms with Gasteiger partial charge in [-0.1, -0.05) is 31.6 Å². The number of carbonyl (C=O) groups is 1. The number of carbonyl (C=O) groups excluding carboxylic acids is 1. The van der Waals surface area contributed by atoms with Gasteiger partial charge >= 0.3 is 5.97 Å². The summed E-state index contributed by atoms with van der Waals surface area (Å²) in [5.74, 6) is 2.33. The van der Waals surface area contributed by atoms with E-state index in [0.29, 0.717) is 35.7 Å². The summed E-state index contributed by atoms with van der Waals surface area (Å²) in [4.78, 5) is 12.3. The van der Waals surface area contributed by atoms with Crippen molar-refractivity contribution in [2.75, 3.05) is 6.61 Å². The molecule has 0 amide bonds. The van der Waals surface area contributed by atoms with E-state index in [-0.39, 0.29) is 11.4 Å². The molecule has 120 valence electrons. The Hall–Kier alpha value is -1.05. The summed E-state index contributed by atoms with van der Waals surface area (Å²) in [6.45, 7) is 9.90. The third-order valence-electron chi connectivity index (χ3n) is 7.55. The van der Waals surface area contributed by atoms with E-state index in [0.717, 1.165) is 6.42 Å². The van der Waals surface area contributed by atoms with Crippen LogP contribution in [0, 0.1) is 34.5 Å². The third-order valence-corrected chi connectivity index (χ3v) is 7.55. The SMILES string of the molecule is CC1=CC2=C[C@@H](C)[C@@H]3[C@H](CC[C@]4(C)C(=O)OC[C@@H]34)[C@@]2(C)CC1. The quantitative estimate of drug-likeness (QED) is 0.615. The van der Waals surface area contributed by atoms with Crippen molar-refractivity contribution in [3.8, 4) is 0 Å². The van der Waals surface area contributed by atoms with E-state index in [1.807, 2.05) is 0 Å². The number of hydrogen-bond donors (Lipinski definition) is 0. The monoisotopic (exact) mass is 300 g/mol. The molecule has 0 N–H and O–H groups in total. The van der Waals surface area contributed by atoms with Crippen LogP contribution in [0.3, 0.4) is 0 Å². The molecular weight excluding hydrogens is 272 g/mol. The Morgan fingerprint density at radius 1 is 1.18 bits per heavy atom. The van der Waals surface area contributed by atoms with Crippen molar-refractivity contribution in [2.24, 2.45) is 34.5 Å². The Labute approximate surface area is 134 Å². The van der Waals surface area contributed by atoms with Gasteiger partial charge in [0.25, 0.3) is 0 Å². The Kier molecular flexibility index (Phi) is 2.97. The van der Waals surface area contributed by atoms with Gasteiger partial charge in [0.05, 0.1) is 12.0 Å². The van der Waals surface area contributed by atoms with Crippen molar-refractivity contribution in [3.63, 3.8) is 0 Å². The van der Waals surface area contributed by atoms with Gasteiger partial charge in [0.15, 0.2) is 0 Å². The highest BCUT2D eigenvalue weighted by atomic mass is 16.5. The first-order valence-electron chi connectivity index (χ1n) is 8.93. The van der Waals surface area contributed by atoms with Gasteiger partial charge in [-0.15, -0.1) is 0 Å². The van der Waals surface area contributed by atoms with Gasteiger partial charge in [-0.3, -0.25) is 4.79 Å². The standard InChI is InChI=1S/C20H28O2/c1-12-5-7-19(3)14(9-12)10-13(2)17-15(19)6-8-20(4)16(17)11-22-18(20)21/h9-10,13,15-17H,5-8,11H2,1-4H3/t13-,15+,16+,17-,19+,20+/m1/s1. The molecule has 0 bridgehead atoms. The summed E-state index contributed by atoms with van der Waals surface area (Å²) in [5, 5.41) is 0. The van der Waals surface area contributed by atoms with E-state index in [2.05, 4.69) is 39.8 Å². The molecule has 1 heterocycles. The van der Waals surface area contributed by atoms with Crippen molar-refractivity contribution in [3.05, 3.63) is 23.3 Å². The fourth-order valence-corrected chi connectivity index (χ4v) is 6.03. The summed E-state index contributed by atoms with van der Waals surface area (Å²) in [6, 6.07) is 0. The fraction of sp³-hybridized carbons (Fsp3) is 0.750. The van der Waals surface area contributed by atoms with Crippen molar-refractivity contribution in [1.29, 1.82) is 0 Å². The number of fused-ring (bicyclic) bond motifs is 5. The molecule has 4 rings (SSSR count). The summed E-state index contributed by atoms with van der Waals surface area (Å²) >= 11 is 0. The largest absolute Gasteiger partial charge is 0.465 e. The van der Waals surface area contributed by atoms with Gasteiger partial charge in [0.2, 0.25) is 0 Å². The second-order valence-corrected chi connectivity index (χ2v) is 8.73. The fourth-order valence-electron chi connectivity index (χ4n) is 6.03. The molecule has 0 radical (unpaired) electrons. The van der Waals surface area contributed by atoms with Crippen LogP contribution in [0.1, 0.15) is 53.4 Å². The third kappa shape index (κ3) is 1.70. The molecule has 3 aliphatic carbocycles. The molecule has 2 fully saturated rings. The molecule has 0 aromatic heterocycles. The summed E-state index contributed by atoms with van der Waals surface area (Å²) < 4.78 is 5.51. The smallest absolute Gasteiger partial charge is 0.312 e. The first kappa shape index (κ1) is 14.5. The van der Waals surface area contributed by atoms with Crippen LogP contribution in [0.15, 0.2) is 23.3 Å². The van der Waals surface area contributed by atoms with Gasteiger partial charge in [-0.2, -0.15) is 0 Å². The lowest BCUT2D eigenvalue weighted by Gasteiger charge is -2.56. The van der Waals surface area contributed by atoms with E-state index in [1.165, 1.54) is 24.8 Å². The highest BCUT2D eigenvalue weighted by Crippen LogP contribution is 2.63. The van der Waals surface area contributed by atoms with Crippen LogP contribution >= 0.6 is 0 Å². The highest BCUT2D eigenvalue weighted by molar-refractivity contribution is 5.79. The van der Waals surface area contributed by atoms with E-state index >= 15 is 0 Å². The molecule has 0 aromatic carbocycles. The number of allylic oxidation sites excluding steroid dienone is 4. The topological polar surface area (TPSA) is 26.3 Å². The minimum absolute atomic E-state index is 0.0578. The van der Waals surface area contributed by atoms with E-state index in [9.17, 15) is 4.79 Å². The molecule has 0 aromatic rings. The van der Waals surface area contributed by atoms with Gasteiger partial charge in [0.1, 0.15) is 0 Å². The molecule has 1 saturated carbocycles. The second kappa shape index (κ2) is 4.49. The number of esters is 1. The van der Waals surface area contributed by atoms with Crippen molar-refractivity contribution < 1.29 is 9.53 Å². The molecule has 0 spiro atoms. The van der Waals surface area contributed by atoms with Crippen LogP contribution in [0.2, 0.25) is 0 Å². The van der Waals surface area contributed by atoms with E-state index in [1.54, 1.807) is 5.57 Å². The Bertz CT molecular complexity index is 587. The summed E-state index contributed by atoms with van der Waals surface area (Å²) in [6.07, 6.45) is 9.64. The molecular formula is C20H28O2. The minimum atomic E-state index is -0.225. The highest BCUT2D eigenvalue weighted by Gasteiger charge is 2.61. The minimum Gasteiger partial charge on any atom is -0.465 e. The number of cyclic esters (lactones) is 1. The van der Waals surface area contributed by atoms with Gasteiger partial charge in [0, 0.05) is 5.92 Å². The average molecular weight is 300 g/mol. The summed E-state index contributed by atoms with van der Waals surface area (Å²) in [7, 11) is 0. The molecule has 4 aliphatic rings. The lowest BCUT2D eigenvalue weighted by molar-refractivity contribution is -0.148. The number of ether oxygens (including phenoxy) is 1. The van der Waals surface area contributed by atoms with Crippen LogP contribution in [-0.4, -0.2) is 12.6 Å². The maximum atomic E-state index is 12.3. The predicted octanol–water partition coefficient (Wildman–Crippen LogP) is 4.51. The zero-order valence-electron chi connectivity index (χ0n) is 14.3. The molecule has 2 heteroatoms. The molecule has 2 nitrogen and oxygen atoms in total. The zero-order valence-corrected chi connectivity index (χ0v) is 14.3. The van der Waals surface area contributed by atoms with Gasteiger partial charge in [-0.05, 0) is 68.3 Å². The molecule has 22 heavy (non-hydrogen) atoms. The summed E-state index contributed by atoms with van der Waals surface area (Å²) in [5.41, 5.74) is 3.18. The van der Waals surface area contributed by atoms with Crippen molar-refractivity contribution in [2.45, 2.75) is 53.4 Å². The Morgan fingerprint density at radius 2 is 1.95 bits per heavy atom. The first-order valence-corrected chi connectivity index (χ1v) is 8.93. The van der Waals surface area contributed by atoms with Crippen LogP contribution in [-0.2, 0) is 9.53 Å². The maximum absolute atomic E-state index is 12.3. The zero-order chi connectivity index (χ0) is 15.7. The van der Waals surface area contributed by atoms with Crippen LogP contribution in [0.5, 0.6) is 0 Å². The molecule has 0 unspecified atom stereocenters. The van der Waals surface area contributed by atoms with Crippen LogP contribution in [0.4, 0.5) is 0 Å². The second-order valence-electron chi connectivity index (χ2n) is 8.73. The lowest BCUT2D eigenvalue weighted by Crippen LogP contribution is -2.52. The number of hydrogen-bond acceptors (Lipinski definition) is 2. The predicted molar refractivity (Wildman–Crippen MR) is 87.1 cm³/mol. The van der Waals surface area contributed by atoms with E-state index < -0.39 is 0 Å². The first-order chi connectivity index (χ1) is 10.4. The average Bonchev–Trinajstić information content (AvgIpc) is 2.77. The number of rotatable bonds is 0. The van der Waals surface area contributed by atoms with E-state index in [4.69, 9.17) is 4.74 Å². The van der Waals surface area contributed by atoms with Crippen molar-refractivity contribution in [1.82, 2.24) is 0 Å². The Morgan fingerprint density at radius 3 is 2.73 bits per heavy atom. The molecule has 1 saturated heterocycles. The lowest BCUT2D eigenvalue weighted by atomic mass is 9.46. The van der Waals surface area contributed by atoms with Gasteiger partial charge < -0.3 is 4.74 Å².